The zero-order valence-corrected chi connectivity index (χ0v) is 23.4. The van der Waals surface area contributed by atoms with E-state index < -0.39 is 11.2 Å². The Kier molecular flexibility index (Phi) is 12.8. The predicted octanol–water partition coefficient (Wildman–Crippen LogP) is 5.07. The number of thioether (sulfide) groups is 1. The van der Waals surface area contributed by atoms with Crippen molar-refractivity contribution < 1.29 is 24.3 Å². The summed E-state index contributed by atoms with van der Waals surface area (Å²) in [6.07, 6.45) is 1.84. The zero-order valence-electron chi connectivity index (χ0n) is 22.5. The van der Waals surface area contributed by atoms with Gasteiger partial charge in [0.15, 0.2) is 0 Å². The topological polar surface area (TPSA) is 95.9 Å². The van der Waals surface area contributed by atoms with Crippen molar-refractivity contribution in [3.63, 3.8) is 0 Å². The minimum atomic E-state index is -0.545. The van der Waals surface area contributed by atoms with Crippen molar-refractivity contribution in [1.29, 1.82) is 0 Å². The molecule has 0 aromatic heterocycles. The molecule has 1 atom stereocenters. The molecule has 0 saturated heterocycles. The third-order valence-electron chi connectivity index (χ3n) is 6.09. The summed E-state index contributed by atoms with van der Waals surface area (Å²) < 4.78 is 5.53. The van der Waals surface area contributed by atoms with E-state index >= 15 is 0 Å². The summed E-state index contributed by atoms with van der Waals surface area (Å²) >= 11 is 1.33. The summed E-state index contributed by atoms with van der Waals surface area (Å²) in [4.78, 5) is 40.9. The molecule has 3 amide bonds. The molecular weight excluding hydrogens is 524 g/mol. The van der Waals surface area contributed by atoms with Gasteiger partial charge >= 0.3 is 0 Å². The van der Waals surface area contributed by atoms with Gasteiger partial charge in [0, 0.05) is 11.4 Å². The third kappa shape index (κ3) is 10.3. The highest BCUT2D eigenvalue weighted by Crippen LogP contribution is 2.28. The van der Waals surface area contributed by atoms with Crippen molar-refractivity contribution in [2.24, 2.45) is 0 Å². The molecule has 0 heterocycles. The van der Waals surface area contributed by atoms with E-state index in [1.54, 1.807) is 12.4 Å². The summed E-state index contributed by atoms with van der Waals surface area (Å²) in [5.74, 6) is 5.28. The second-order valence-electron chi connectivity index (χ2n) is 9.03. The average Bonchev–Trinajstić information content (AvgIpc) is 2.98. The van der Waals surface area contributed by atoms with Crippen LogP contribution in [0.2, 0.25) is 0 Å². The van der Waals surface area contributed by atoms with E-state index in [9.17, 15) is 19.6 Å². The number of rotatable bonds is 14. The number of benzene rings is 3. The average molecular weight is 559 g/mol. The lowest BCUT2D eigenvalue weighted by Gasteiger charge is -2.22. The monoisotopic (exact) mass is 558 g/mol. The van der Waals surface area contributed by atoms with Gasteiger partial charge in [0.05, 0.1) is 18.1 Å². The van der Waals surface area contributed by atoms with Crippen molar-refractivity contribution in [1.82, 2.24) is 10.4 Å². The Morgan fingerprint density at radius 1 is 0.875 bits per heavy atom. The van der Waals surface area contributed by atoms with Gasteiger partial charge < -0.3 is 4.74 Å². The SMILES string of the molecule is CC#CCOc1ccc(SC(CCCCN(C(=O)Cc2ccccc2)C(=O)Cc2ccccc2)C(=O)NO)cc1. The molecule has 0 aliphatic rings. The molecule has 7 nitrogen and oxygen atoms in total. The van der Waals surface area contributed by atoms with E-state index in [0.29, 0.717) is 31.6 Å². The second-order valence-corrected chi connectivity index (χ2v) is 10.3. The highest BCUT2D eigenvalue weighted by molar-refractivity contribution is 8.00. The lowest BCUT2D eigenvalue weighted by molar-refractivity contribution is -0.144. The van der Waals surface area contributed by atoms with Crippen LogP contribution in [0, 0.1) is 11.8 Å². The van der Waals surface area contributed by atoms with Gasteiger partial charge in [0.1, 0.15) is 12.4 Å². The number of imide groups is 1. The summed E-state index contributed by atoms with van der Waals surface area (Å²) in [5, 5.41) is 8.73. The summed E-state index contributed by atoms with van der Waals surface area (Å²) in [6.45, 7) is 2.30. The Morgan fingerprint density at radius 3 is 1.98 bits per heavy atom. The van der Waals surface area contributed by atoms with Gasteiger partial charge in [-0.15, -0.1) is 17.7 Å². The van der Waals surface area contributed by atoms with Crippen molar-refractivity contribution in [3.8, 4) is 17.6 Å². The standard InChI is InChI=1S/C32H34N2O5S/c1-2-3-22-39-27-17-19-28(20-18-27)40-29(32(37)33-38)16-10-11-21-34(30(35)23-25-12-6-4-7-13-25)31(36)24-26-14-8-5-9-15-26/h4-9,12-15,17-20,29,38H,10-11,16,21-24H2,1H3,(H,33,37). The van der Waals surface area contributed by atoms with E-state index in [0.717, 1.165) is 16.0 Å². The van der Waals surface area contributed by atoms with Crippen LogP contribution in [0.15, 0.2) is 89.8 Å². The minimum absolute atomic E-state index is 0.136. The third-order valence-corrected chi connectivity index (χ3v) is 7.37. The molecule has 0 bridgehead atoms. The van der Waals surface area contributed by atoms with Gasteiger partial charge in [-0.25, -0.2) is 5.48 Å². The van der Waals surface area contributed by atoms with E-state index in [4.69, 9.17) is 4.74 Å². The quantitative estimate of drug-likeness (QED) is 0.0944. The van der Waals surface area contributed by atoms with Crippen LogP contribution in [-0.4, -0.2) is 46.2 Å². The number of amides is 3. The fourth-order valence-electron chi connectivity index (χ4n) is 4.01. The number of nitrogens with zero attached hydrogens (tertiary/aromatic N) is 1. The van der Waals surface area contributed by atoms with Gasteiger partial charge in [-0.1, -0.05) is 73.0 Å². The van der Waals surface area contributed by atoms with Crippen LogP contribution in [-0.2, 0) is 27.2 Å². The van der Waals surface area contributed by atoms with Gasteiger partial charge in [0.25, 0.3) is 5.91 Å². The summed E-state index contributed by atoms with van der Waals surface area (Å²) in [7, 11) is 0. The summed E-state index contributed by atoms with van der Waals surface area (Å²) in [6, 6.07) is 26.0. The highest BCUT2D eigenvalue weighted by Gasteiger charge is 2.23. The molecule has 40 heavy (non-hydrogen) atoms. The molecule has 0 radical (unpaired) electrons. The highest BCUT2D eigenvalue weighted by atomic mass is 32.2. The molecule has 3 aromatic carbocycles. The first-order chi connectivity index (χ1) is 19.5. The molecule has 3 rings (SSSR count). The van der Waals surface area contributed by atoms with Crippen LogP contribution in [0.4, 0.5) is 0 Å². The number of carbonyl (C=O) groups excluding carboxylic acids is 3. The molecule has 0 saturated carbocycles. The number of nitrogens with one attached hydrogen (secondary N) is 1. The van der Waals surface area contributed by atoms with Gasteiger partial charge in [-0.2, -0.15) is 0 Å². The Labute approximate surface area is 239 Å². The number of hydroxylamine groups is 1. The van der Waals surface area contributed by atoms with Crippen molar-refractivity contribution >= 4 is 29.5 Å². The maximum atomic E-state index is 13.2. The molecule has 3 aromatic rings. The molecule has 0 aliphatic heterocycles. The zero-order chi connectivity index (χ0) is 28.6. The second kappa shape index (κ2) is 16.8. The molecule has 208 valence electrons. The fraction of sp³-hybridized carbons (Fsp3) is 0.281. The van der Waals surface area contributed by atoms with E-state index in [1.807, 2.05) is 84.9 Å². The van der Waals surface area contributed by atoms with E-state index in [1.165, 1.54) is 16.7 Å². The first-order valence-electron chi connectivity index (χ1n) is 13.1. The maximum absolute atomic E-state index is 13.2. The first-order valence-corrected chi connectivity index (χ1v) is 14.0. The van der Waals surface area contributed by atoms with E-state index in [2.05, 4.69) is 11.8 Å². The van der Waals surface area contributed by atoms with Crippen molar-refractivity contribution in [2.45, 2.75) is 49.2 Å². The van der Waals surface area contributed by atoms with Gasteiger partial charge in [-0.05, 0) is 55.2 Å². The molecule has 0 aliphatic carbocycles. The van der Waals surface area contributed by atoms with Crippen LogP contribution in [0.1, 0.15) is 37.3 Å². The minimum Gasteiger partial charge on any atom is -0.481 e. The van der Waals surface area contributed by atoms with Crippen molar-refractivity contribution in [2.75, 3.05) is 13.2 Å². The number of unbranched alkanes of at least 4 members (excludes halogenated alkanes) is 1. The predicted molar refractivity (Wildman–Crippen MR) is 156 cm³/mol. The molecule has 1 unspecified atom stereocenters. The number of ether oxygens (including phenoxy) is 1. The lowest BCUT2D eigenvalue weighted by atomic mass is 10.1. The van der Waals surface area contributed by atoms with Crippen LogP contribution < -0.4 is 10.2 Å². The van der Waals surface area contributed by atoms with Gasteiger partial charge in [-0.3, -0.25) is 24.5 Å². The Morgan fingerprint density at radius 2 is 1.45 bits per heavy atom. The fourth-order valence-corrected chi connectivity index (χ4v) is 5.07. The lowest BCUT2D eigenvalue weighted by Crippen LogP contribution is -2.39. The van der Waals surface area contributed by atoms with Crippen LogP contribution in [0.5, 0.6) is 5.75 Å². The van der Waals surface area contributed by atoms with E-state index in [-0.39, 0.29) is 31.2 Å². The Hall–Kier alpha value is -4.06. The van der Waals surface area contributed by atoms with Crippen LogP contribution >= 0.6 is 11.8 Å². The normalized spacial score (nSPS) is 11.1. The molecule has 0 spiro atoms. The molecule has 0 fully saturated rings. The molecule has 8 heteroatoms. The van der Waals surface area contributed by atoms with Crippen molar-refractivity contribution in [3.05, 3.63) is 96.1 Å². The number of hydrogen-bond donors (Lipinski definition) is 2. The Balaban J connectivity index is 1.59. The smallest absolute Gasteiger partial charge is 0.256 e. The Bertz CT molecular complexity index is 1230. The summed E-state index contributed by atoms with van der Waals surface area (Å²) in [5.41, 5.74) is 3.44. The molecule has 2 N–H and O–H groups in total. The van der Waals surface area contributed by atoms with Gasteiger partial charge in [0.2, 0.25) is 11.8 Å². The molecular formula is C32H34N2O5S. The number of carbonyl (C=O) groups is 3. The largest absolute Gasteiger partial charge is 0.481 e. The van der Waals surface area contributed by atoms with Crippen LogP contribution in [0.25, 0.3) is 0 Å². The first kappa shape index (κ1) is 30.5. The number of hydrogen-bond acceptors (Lipinski definition) is 6. The maximum Gasteiger partial charge on any atom is 0.256 e. The van der Waals surface area contributed by atoms with Crippen LogP contribution in [0.3, 0.4) is 0 Å².